The molecule has 0 heterocycles. The minimum Gasteiger partial charge on any atom is -0.374 e. The summed E-state index contributed by atoms with van der Waals surface area (Å²) in [5.74, 6) is 5.51. The third-order valence-corrected chi connectivity index (χ3v) is 2.37. The van der Waals surface area contributed by atoms with Crippen molar-refractivity contribution in [2.75, 3.05) is 6.61 Å². The highest BCUT2D eigenvalue weighted by Gasteiger charge is 2.16. The van der Waals surface area contributed by atoms with Crippen LogP contribution in [-0.4, -0.2) is 12.2 Å². The molecule has 0 aliphatic rings. The van der Waals surface area contributed by atoms with Crippen LogP contribution in [0.3, 0.4) is 0 Å². The van der Waals surface area contributed by atoms with Crippen molar-refractivity contribution >= 4 is 11.6 Å². The van der Waals surface area contributed by atoms with E-state index in [1.54, 1.807) is 0 Å². The van der Waals surface area contributed by atoms with E-state index in [1.165, 1.54) is 0 Å². The lowest BCUT2D eigenvalue weighted by molar-refractivity contribution is -0.0148. The zero-order chi connectivity index (χ0) is 12.2. The fraction of sp³-hybridized carbons (Fsp3) is 0.500. The van der Waals surface area contributed by atoms with Gasteiger partial charge in [0, 0.05) is 5.02 Å². The quantitative estimate of drug-likeness (QED) is 0.630. The van der Waals surface area contributed by atoms with Crippen molar-refractivity contribution in [2.45, 2.75) is 32.4 Å². The van der Waals surface area contributed by atoms with Crippen molar-refractivity contribution in [3.63, 3.8) is 0 Å². The number of ether oxygens (including phenoxy) is 1. The lowest BCUT2D eigenvalue weighted by atomic mass is 10.1. The van der Waals surface area contributed by atoms with Crippen LogP contribution in [0.5, 0.6) is 0 Å². The molecular weight excluding hydrogens is 224 g/mol. The van der Waals surface area contributed by atoms with E-state index in [0.717, 1.165) is 5.56 Å². The Hall–Kier alpha value is -0.610. The minimum absolute atomic E-state index is 0.0436. The van der Waals surface area contributed by atoms with Crippen LogP contribution in [0.2, 0.25) is 5.02 Å². The summed E-state index contributed by atoms with van der Waals surface area (Å²) in [6.45, 7) is 6.55. The highest BCUT2D eigenvalue weighted by Crippen LogP contribution is 2.19. The van der Waals surface area contributed by atoms with E-state index in [1.807, 2.05) is 45.0 Å². The molecule has 1 aromatic carbocycles. The average molecular weight is 243 g/mol. The number of hydrogen-bond donors (Lipinski definition) is 2. The van der Waals surface area contributed by atoms with Gasteiger partial charge in [-0.25, -0.2) is 0 Å². The van der Waals surface area contributed by atoms with Gasteiger partial charge in [0.15, 0.2) is 0 Å². The summed E-state index contributed by atoms with van der Waals surface area (Å²) in [6.07, 6.45) is 0. The van der Waals surface area contributed by atoms with Crippen molar-refractivity contribution < 1.29 is 4.74 Å². The first kappa shape index (κ1) is 13.5. The van der Waals surface area contributed by atoms with Gasteiger partial charge in [0.25, 0.3) is 0 Å². The Labute approximate surface area is 102 Å². The molecule has 4 heteroatoms. The number of benzene rings is 1. The molecule has 0 aliphatic heterocycles. The molecule has 1 rings (SSSR count). The number of hydrogen-bond acceptors (Lipinski definition) is 3. The standard InChI is InChI=1S/C12H19ClN2O/c1-12(2,3)16-8-11(15-14)9-5-4-6-10(13)7-9/h4-7,11,15H,8,14H2,1-3H3. The van der Waals surface area contributed by atoms with Crippen molar-refractivity contribution in [1.82, 2.24) is 5.43 Å². The van der Waals surface area contributed by atoms with Gasteiger partial charge in [-0.2, -0.15) is 0 Å². The first-order valence-corrected chi connectivity index (χ1v) is 5.66. The van der Waals surface area contributed by atoms with Crippen molar-refractivity contribution in [3.05, 3.63) is 34.9 Å². The van der Waals surface area contributed by atoms with Crippen LogP contribution in [0.25, 0.3) is 0 Å². The lowest BCUT2D eigenvalue weighted by Crippen LogP contribution is -2.34. The molecule has 0 aromatic heterocycles. The molecule has 0 saturated carbocycles. The van der Waals surface area contributed by atoms with Gasteiger partial charge in [-0.15, -0.1) is 0 Å². The van der Waals surface area contributed by atoms with Gasteiger partial charge in [0.1, 0.15) is 0 Å². The maximum atomic E-state index is 5.93. The predicted octanol–water partition coefficient (Wildman–Crippen LogP) is 2.66. The number of nitrogens with one attached hydrogen (secondary N) is 1. The summed E-state index contributed by atoms with van der Waals surface area (Å²) in [6, 6.07) is 7.56. The first-order chi connectivity index (χ1) is 7.42. The second-order valence-corrected chi connectivity index (χ2v) is 5.13. The first-order valence-electron chi connectivity index (χ1n) is 5.28. The zero-order valence-corrected chi connectivity index (χ0v) is 10.7. The molecule has 90 valence electrons. The van der Waals surface area contributed by atoms with Crippen LogP contribution in [0.1, 0.15) is 32.4 Å². The Kier molecular flexibility index (Phi) is 4.74. The highest BCUT2D eigenvalue weighted by atomic mass is 35.5. The molecule has 1 atom stereocenters. The van der Waals surface area contributed by atoms with Crippen LogP contribution < -0.4 is 11.3 Å². The monoisotopic (exact) mass is 242 g/mol. The van der Waals surface area contributed by atoms with Gasteiger partial charge in [0.05, 0.1) is 18.2 Å². The number of halogens is 1. The maximum absolute atomic E-state index is 5.93. The van der Waals surface area contributed by atoms with E-state index in [2.05, 4.69) is 5.43 Å². The Morgan fingerprint density at radius 1 is 1.44 bits per heavy atom. The van der Waals surface area contributed by atoms with Gasteiger partial charge < -0.3 is 4.74 Å². The normalized spacial score (nSPS) is 13.8. The molecule has 3 N–H and O–H groups in total. The molecule has 0 spiro atoms. The molecule has 0 aliphatic carbocycles. The Morgan fingerprint density at radius 3 is 2.62 bits per heavy atom. The smallest absolute Gasteiger partial charge is 0.0694 e. The summed E-state index contributed by atoms with van der Waals surface area (Å²) in [5.41, 5.74) is 3.59. The topological polar surface area (TPSA) is 47.3 Å². The summed E-state index contributed by atoms with van der Waals surface area (Å²) >= 11 is 5.93. The van der Waals surface area contributed by atoms with Crippen LogP contribution in [0.4, 0.5) is 0 Å². The van der Waals surface area contributed by atoms with E-state index in [0.29, 0.717) is 11.6 Å². The third-order valence-electron chi connectivity index (χ3n) is 2.14. The Morgan fingerprint density at radius 2 is 2.12 bits per heavy atom. The van der Waals surface area contributed by atoms with Gasteiger partial charge >= 0.3 is 0 Å². The van der Waals surface area contributed by atoms with E-state index in [-0.39, 0.29) is 11.6 Å². The van der Waals surface area contributed by atoms with Crippen LogP contribution in [0, 0.1) is 0 Å². The van der Waals surface area contributed by atoms with Gasteiger partial charge in [-0.1, -0.05) is 23.7 Å². The van der Waals surface area contributed by atoms with E-state index >= 15 is 0 Å². The molecule has 0 amide bonds. The molecule has 0 bridgehead atoms. The number of nitrogens with two attached hydrogens (primary N) is 1. The Balaban J connectivity index is 2.68. The fourth-order valence-corrected chi connectivity index (χ4v) is 1.50. The summed E-state index contributed by atoms with van der Waals surface area (Å²) in [5, 5.41) is 0.702. The molecule has 1 unspecified atom stereocenters. The predicted molar refractivity (Wildman–Crippen MR) is 67.2 cm³/mol. The summed E-state index contributed by atoms with van der Waals surface area (Å²) < 4.78 is 5.69. The van der Waals surface area contributed by atoms with E-state index < -0.39 is 0 Å². The van der Waals surface area contributed by atoms with Crippen LogP contribution in [-0.2, 0) is 4.74 Å². The van der Waals surface area contributed by atoms with Crippen molar-refractivity contribution in [2.24, 2.45) is 5.84 Å². The Bertz CT molecular complexity index is 336. The summed E-state index contributed by atoms with van der Waals surface area (Å²) in [7, 11) is 0. The minimum atomic E-state index is -0.173. The highest BCUT2D eigenvalue weighted by molar-refractivity contribution is 6.30. The third kappa shape index (κ3) is 4.49. The second kappa shape index (κ2) is 5.64. The molecule has 0 saturated heterocycles. The molecular formula is C12H19ClN2O. The largest absolute Gasteiger partial charge is 0.374 e. The van der Waals surface area contributed by atoms with Gasteiger partial charge in [-0.05, 0) is 38.5 Å². The molecule has 3 nitrogen and oxygen atoms in total. The lowest BCUT2D eigenvalue weighted by Gasteiger charge is -2.24. The molecule has 0 fully saturated rings. The van der Waals surface area contributed by atoms with E-state index in [4.69, 9.17) is 22.2 Å². The van der Waals surface area contributed by atoms with Crippen LogP contribution in [0.15, 0.2) is 24.3 Å². The van der Waals surface area contributed by atoms with Gasteiger partial charge in [-0.3, -0.25) is 11.3 Å². The average Bonchev–Trinajstić information content (AvgIpc) is 2.17. The number of rotatable bonds is 4. The van der Waals surface area contributed by atoms with Crippen molar-refractivity contribution in [3.8, 4) is 0 Å². The second-order valence-electron chi connectivity index (χ2n) is 4.70. The summed E-state index contributed by atoms with van der Waals surface area (Å²) in [4.78, 5) is 0. The molecule has 0 radical (unpaired) electrons. The molecule has 1 aromatic rings. The van der Waals surface area contributed by atoms with E-state index in [9.17, 15) is 0 Å². The van der Waals surface area contributed by atoms with Gasteiger partial charge in [0.2, 0.25) is 0 Å². The fourth-order valence-electron chi connectivity index (χ4n) is 1.30. The van der Waals surface area contributed by atoms with Crippen LogP contribution >= 0.6 is 11.6 Å². The van der Waals surface area contributed by atoms with Crippen molar-refractivity contribution in [1.29, 1.82) is 0 Å². The zero-order valence-electron chi connectivity index (χ0n) is 9.96. The SMILES string of the molecule is CC(C)(C)OCC(NN)c1cccc(Cl)c1. The maximum Gasteiger partial charge on any atom is 0.0694 e. The molecule has 16 heavy (non-hydrogen) atoms. The number of hydrazine groups is 1.